The second-order valence-corrected chi connectivity index (χ2v) is 5.91. The van der Waals surface area contributed by atoms with Crippen molar-refractivity contribution in [3.8, 4) is 0 Å². The molecule has 0 radical (unpaired) electrons. The predicted octanol–water partition coefficient (Wildman–Crippen LogP) is -1.59. The quantitative estimate of drug-likeness (QED) is 0.225. The van der Waals surface area contributed by atoms with Crippen molar-refractivity contribution in [2.24, 2.45) is 5.73 Å². The van der Waals surface area contributed by atoms with Crippen LogP contribution in [0.4, 0.5) is 0 Å². The average Bonchev–Trinajstić information content (AvgIpc) is 2.41. The molecule has 0 saturated carbocycles. The van der Waals surface area contributed by atoms with E-state index in [1.165, 1.54) is 0 Å². The van der Waals surface area contributed by atoms with Crippen LogP contribution in [0.1, 0.15) is 26.2 Å². The van der Waals surface area contributed by atoms with E-state index < -0.39 is 44.4 Å². The summed E-state index contributed by atoms with van der Waals surface area (Å²) in [5.74, 6) is -3.69. The van der Waals surface area contributed by atoms with Crippen LogP contribution >= 0.6 is 7.82 Å². The summed E-state index contributed by atoms with van der Waals surface area (Å²) < 4.78 is 14.5. The summed E-state index contributed by atoms with van der Waals surface area (Å²) in [5, 5.41) is 18.7. The Morgan fingerprint density at radius 3 is 2.22 bits per heavy atom. The van der Waals surface area contributed by atoms with E-state index >= 15 is 0 Å². The van der Waals surface area contributed by atoms with Crippen molar-refractivity contribution in [1.82, 2.24) is 4.90 Å². The number of amides is 2. The standard InChI is InChI=1S/C11H21N2O9P/c1-7(14)13(8(11(17)18)4-2-3-5-12)10(16)9(15)6-22-23(19,20)21/h8-9,15H,2-6,12H2,1H3,(H,17,18)(H2,19,20,21)/t8-,9?/m0/s1. The van der Waals surface area contributed by atoms with Gasteiger partial charge in [-0.25, -0.2) is 9.36 Å². The molecule has 134 valence electrons. The minimum Gasteiger partial charge on any atom is -0.480 e. The van der Waals surface area contributed by atoms with E-state index in [0.717, 1.165) is 6.92 Å². The molecule has 0 aliphatic rings. The molecule has 6 N–H and O–H groups in total. The van der Waals surface area contributed by atoms with Crippen LogP contribution in [0.3, 0.4) is 0 Å². The van der Waals surface area contributed by atoms with Crippen molar-refractivity contribution in [2.45, 2.75) is 38.3 Å². The lowest BCUT2D eigenvalue weighted by molar-refractivity contribution is -0.162. The number of imide groups is 1. The van der Waals surface area contributed by atoms with E-state index in [2.05, 4.69) is 4.52 Å². The lowest BCUT2D eigenvalue weighted by Gasteiger charge is -2.28. The van der Waals surface area contributed by atoms with Crippen molar-refractivity contribution >= 4 is 25.6 Å². The molecule has 0 bridgehead atoms. The zero-order valence-electron chi connectivity index (χ0n) is 12.5. The van der Waals surface area contributed by atoms with Crippen molar-refractivity contribution in [3.63, 3.8) is 0 Å². The van der Waals surface area contributed by atoms with Gasteiger partial charge in [-0.3, -0.25) is 19.0 Å². The van der Waals surface area contributed by atoms with Crippen LogP contribution in [-0.2, 0) is 23.5 Å². The maximum absolute atomic E-state index is 12.0. The largest absolute Gasteiger partial charge is 0.480 e. The number of carboxylic acids is 1. The van der Waals surface area contributed by atoms with Crippen LogP contribution in [0, 0.1) is 0 Å². The van der Waals surface area contributed by atoms with E-state index in [0.29, 0.717) is 24.3 Å². The van der Waals surface area contributed by atoms with Gasteiger partial charge < -0.3 is 25.7 Å². The van der Waals surface area contributed by atoms with Gasteiger partial charge in [-0.05, 0) is 25.8 Å². The van der Waals surface area contributed by atoms with Crippen molar-refractivity contribution in [2.75, 3.05) is 13.2 Å². The molecule has 1 unspecified atom stereocenters. The van der Waals surface area contributed by atoms with Gasteiger partial charge in [0.2, 0.25) is 5.91 Å². The number of nitrogens with two attached hydrogens (primary N) is 1. The lowest BCUT2D eigenvalue weighted by Crippen LogP contribution is -2.52. The first kappa shape index (κ1) is 21.6. The number of unbranched alkanes of at least 4 members (excludes halogenated alkanes) is 1. The molecule has 0 saturated heterocycles. The second kappa shape index (κ2) is 9.71. The summed E-state index contributed by atoms with van der Waals surface area (Å²) in [5.41, 5.74) is 5.29. The van der Waals surface area contributed by atoms with Gasteiger partial charge in [0.15, 0.2) is 6.10 Å². The Bertz CT molecular complexity index is 478. The number of aliphatic hydroxyl groups excluding tert-OH is 1. The van der Waals surface area contributed by atoms with Gasteiger partial charge in [0.25, 0.3) is 5.91 Å². The van der Waals surface area contributed by atoms with E-state index in [1.54, 1.807) is 0 Å². The molecular formula is C11H21N2O9P. The molecule has 12 heteroatoms. The van der Waals surface area contributed by atoms with Crippen molar-refractivity contribution < 1.29 is 43.5 Å². The highest BCUT2D eigenvalue weighted by molar-refractivity contribution is 7.46. The third-order valence-corrected chi connectivity index (χ3v) is 3.28. The first-order valence-electron chi connectivity index (χ1n) is 6.66. The van der Waals surface area contributed by atoms with Crippen molar-refractivity contribution in [1.29, 1.82) is 0 Å². The number of hydrogen-bond acceptors (Lipinski definition) is 7. The molecule has 0 heterocycles. The number of rotatable bonds is 10. The Hall–Kier alpha value is -1.36. The molecule has 2 amide bonds. The third kappa shape index (κ3) is 8.16. The van der Waals surface area contributed by atoms with E-state index in [4.69, 9.17) is 20.6 Å². The van der Waals surface area contributed by atoms with Crippen LogP contribution in [0.2, 0.25) is 0 Å². The fourth-order valence-electron chi connectivity index (χ4n) is 1.77. The van der Waals surface area contributed by atoms with Crippen LogP contribution < -0.4 is 5.73 Å². The van der Waals surface area contributed by atoms with Crippen molar-refractivity contribution in [3.05, 3.63) is 0 Å². The van der Waals surface area contributed by atoms with Gasteiger partial charge in [-0.15, -0.1) is 0 Å². The predicted molar refractivity (Wildman–Crippen MR) is 75.9 cm³/mol. The Labute approximate surface area is 132 Å². The minimum atomic E-state index is -4.92. The average molecular weight is 356 g/mol. The van der Waals surface area contributed by atoms with E-state index in [9.17, 15) is 24.1 Å². The smallest absolute Gasteiger partial charge is 0.469 e. The van der Waals surface area contributed by atoms with E-state index in [1.807, 2.05) is 0 Å². The number of carboxylic acid groups (broad SMARTS) is 1. The normalized spacial score (nSPS) is 14.1. The maximum atomic E-state index is 12.0. The molecule has 2 atom stereocenters. The summed E-state index contributed by atoms with van der Waals surface area (Å²) in [6.07, 6.45) is -1.35. The molecule has 0 aromatic carbocycles. The number of carbonyl (C=O) groups excluding carboxylic acids is 2. The summed E-state index contributed by atoms with van der Waals surface area (Å²) in [6.45, 7) is 0.161. The number of phosphoric ester groups is 1. The number of hydrogen-bond donors (Lipinski definition) is 5. The minimum absolute atomic E-state index is 0.0656. The van der Waals surface area contributed by atoms with Gasteiger partial charge in [0.05, 0.1) is 6.61 Å². The summed E-state index contributed by atoms with van der Waals surface area (Å²) in [7, 11) is -4.92. The van der Waals surface area contributed by atoms with Crippen LogP contribution in [0.25, 0.3) is 0 Å². The van der Waals surface area contributed by atoms with Crippen LogP contribution in [0.15, 0.2) is 0 Å². The Morgan fingerprint density at radius 2 is 1.83 bits per heavy atom. The molecule has 0 aromatic heterocycles. The zero-order valence-corrected chi connectivity index (χ0v) is 13.4. The molecule has 0 spiro atoms. The zero-order chi connectivity index (χ0) is 18.2. The number of aliphatic hydroxyl groups is 1. The summed E-state index contributed by atoms with van der Waals surface area (Å²) >= 11 is 0. The summed E-state index contributed by atoms with van der Waals surface area (Å²) in [6, 6.07) is -1.52. The molecule has 23 heavy (non-hydrogen) atoms. The number of carbonyl (C=O) groups is 3. The lowest BCUT2D eigenvalue weighted by atomic mass is 10.1. The van der Waals surface area contributed by atoms with E-state index in [-0.39, 0.29) is 6.42 Å². The monoisotopic (exact) mass is 356 g/mol. The third-order valence-electron chi connectivity index (χ3n) is 2.79. The fraction of sp³-hybridized carbons (Fsp3) is 0.727. The van der Waals surface area contributed by atoms with Gasteiger partial charge in [-0.2, -0.15) is 0 Å². The Balaban J connectivity index is 5.10. The summed E-state index contributed by atoms with van der Waals surface area (Å²) in [4.78, 5) is 52.2. The highest BCUT2D eigenvalue weighted by Gasteiger charge is 2.36. The molecule has 0 aliphatic carbocycles. The first-order chi connectivity index (χ1) is 10.5. The van der Waals surface area contributed by atoms with Crippen LogP contribution in [0.5, 0.6) is 0 Å². The van der Waals surface area contributed by atoms with Gasteiger partial charge in [0.1, 0.15) is 6.04 Å². The Kier molecular flexibility index (Phi) is 9.13. The highest BCUT2D eigenvalue weighted by Crippen LogP contribution is 2.35. The topological polar surface area (TPSA) is 188 Å². The SMILES string of the molecule is CC(=O)N(C(=O)C(O)COP(=O)(O)O)[C@@H](CCCCN)C(=O)O. The van der Waals surface area contributed by atoms with Gasteiger partial charge >= 0.3 is 13.8 Å². The molecule has 0 aromatic rings. The van der Waals surface area contributed by atoms with Crippen LogP contribution in [-0.4, -0.2) is 68.0 Å². The number of nitrogens with zero attached hydrogens (tertiary/aromatic N) is 1. The second-order valence-electron chi connectivity index (χ2n) is 4.67. The molecule has 0 aliphatic heterocycles. The Morgan fingerprint density at radius 1 is 1.26 bits per heavy atom. The number of phosphoric acid groups is 1. The molecular weight excluding hydrogens is 335 g/mol. The highest BCUT2D eigenvalue weighted by atomic mass is 31.2. The first-order valence-corrected chi connectivity index (χ1v) is 8.19. The maximum Gasteiger partial charge on any atom is 0.469 e. The molecule has 0 fully saturated rings. The van der Waals surface area contributed by atoms with Gasteiger partial charge in [-0.1, -0.05) is 0 Å². The molecule has 11 nitrogen and oxygen atoms in total. The molecule has 0 rings (SSSR count). The fourth-order valence-corrected chi connectivity index (χ4v) is 2.11. The van der Waals surface area contributed by atoms with Gasteiger partial charge in [0, 0.05) is 6.92 Å². The number of aliphatic carboxylic acids is 1.